The van der Waals surface area contributed by atoms with E-state index in [-0.39, 0.29) is 23.0 Å². The number of aryl methyl sites for hydroxylation is 2. The van der Waals surface area contributed by atoms with E-state index in [0.29, 0.717) is 16.3 Å². The summed E-state index contributed by atoms with van der Waals surface area (Å²) in [7, 11) is 0. The van der Waals surface area contributed by atoms with Gasteiger partial charge in [0.25, 0.3) is 11.8 Å². The number of benzene rings is 3. The first kappa shape index (κ1) is 23.5. The van der Waals surface area contributed by atoms with Crippen LogP contribution in [0.3, 0.4) is 0 Å². The van der Waals surface area contributed by atoms with E-state index in [1.807, 2.05) is 44.2 Å². The normalized spacial score (nSPS) is 15.0. The highest BCUT2D eigenvalue weighted by Gasteiger charge is 2.37. The molecular formula is C26H20Cl2N2O4. The SMILES string of the molecule is Cc1ccc(N2C(=O)NC(=O)/C(=C\c3cc(Cl)cc(Cl)c3OCc3ccccc3)C2=O)cc1C. The average Bonchev–Trinajstić information content (AvgIpc) is 2.79. The number of nitrogens with one attached hydrogen (secondary N) is 1. The number of imide groups is 2. The monoisotopic (exact) mass is 494 g/mol. The second-order valence-corrected chi connectivity index (χ2v) is 8.65. The Kier molecular flexibility index (Phi) is 6.72. The molecule has 3 aromatic carbocycles. The predicted octanol–water partition coefficient (Wildman–Crippen LogP) is 5.86. The second-order valence-electron chi connectivity index (χ2n) is 7.81. The second kappa shape index (κ2) is 9.71. The van der Waals surface area contributed by atoms with E-state index >= 15 is 0 Å². The minimum Gasteiger partial charge on any atom is -0.487 e. The third-order valence-electron chi connectivity index (χ3n) is 5.41. The van der Waals surface area contributed by atoms with Crippen molar-refractivity contribution >= 4 is 52.8 Å². The standard InChI is InChI=1S/C26H20Cl2N2O4/c1-15-8-9-20(10-16(15)2)30-25(32)21(24(31)29-26(30)33)12-18-11-19(27)13-22(28)23(18)34-14-17-6-4-3-5-7-17/h3-13H,14H2,1-2H3,(H,29,31,33)/b21-12+. The van der Waals surface area contributed by atoms with Crippen molar-refractivity contribution in [1.29, 1.82) is 0 Å². The van der Waals surface area contributed by atoms with E-state index in [0.717, 1.165) is 21.6 Å². The Balaban J connectivity index is 1.73. The summed E-state index contributed by atoms with van der Waals surface area (Å²) in [6.07, 6.45) is 1.33. The highest BCUT2D eigenvalue weighted by atomic mass is 35.5. The molecule has 1 aliphatic heterocycles. The first-order valence-corrected chi connectivity index (χ1v) is 11.1. The maximum absolute atomic E-state index is 13.3. The van der Waals surface area contributed by atoms with Crippen molar-refractivity contribution in [3.8, 4) is 5.75 Å². The van der Waals surface area contributed by atoms with E-state index in [9.17, 15) is 14.4 Å². The van der Waals surface area contributed by atoms with Gasteiger partial charge >= 0.3 is 6.03 Å². The number of nitrogens with zero attached hydrogens (tertiary/aromatic N) is 1. The quantitative estimate of drug-likeness (QED) is 0.356. The molecule has 1 saturated heterocycles. The first-order chi connectivity index (χ1) is 16.2. The maximum atomic E-state index is 13.3. The van der Waals surface area contributed by atoms with Crippen molar-refractivity contribution in [2.75, 3.05) is 4.90 Å². The lowest BCUT2D eigenvalue weighted by Crippen LogP contribution is -2.54. The number of amides is 4. The lowest BCUT2D eigenvalue weighted by Gasteiger charge is -2.27. The zero-order chi connectivity index (χ0) is 24.4. The summed E-state index contributed by atoms with van der Waals surface area (Å²) in [6, 6.07) is 16.9. The Hall–Kier alpha value is -3.61. The largest absolute Gasteiger partial charge is 0.487 e. The van der Waals surface area contributed by atoms with Crippen LogP contribution in [0.4, 0.5) is 10.5 Å². The van der Waals surface area contributed by atoms with Crippen LogP contribution in [0.1, 0.15) is 22.3 Å². The van der Waals surface area contributed by atoms with E-state index in [1.165, 1.54) is 18.2 Å². The molecule has 172 valence electrons. The molecule has 0 spiro atoms. The molecule has 0 unspecified atom stereocenters. The summed E-state index contributed by atoms with van der Waals surface area (Å²) < 4.78 is 5.92. The molecule has 3 aromatic rings. The fourth-order valence-electron chi connectivity index (χ4n) is 3.48. The third kappa shape index (κ3) is 4.83. The minimum atomic E-state index is -0.819. The smallest absolute Gasteiger partial charge is 0.335 e. The molecule has 0 aromatic heterocycles. The van der Waals surface area contributed by atoms with Crippen molar-refractivity contribution in [2.24, 2.45) is 0 Å². The predicted molar refractivity (Wildman–Crippen MR) is 132 cm³/mol. The number of barbiturate groups is 1. The molecule has 1 aliphatic rings. The topological polar surface area (TPSA) is 75.7 Å². The first-order valence-electron chi connectivity index (χ1n) is 10.4. The van der Waals surface area contributed by atoms with Crippen LogP contribution < -0.4 is 15.0 Å². The van der Waals surface area contributed by atoms with Crippen molar-refractivity contribution in [3.63, 3.8) is 0 Å². The molecule has 8 heteroatoms. The van der Waals surface area contributed by atoms with Gasteiger partial charge in [-0.3, -0.25) is 14.9 Å². The summed E-state index contributed by atoms with van der Waals surface area (Å²) in [4.78, 5) is 39.4. The molecule has 1 heterocycles. The number of ether oxygens (including phenoxy) is 1. The third-order valence-corrected chi connectivity index (χ3v) is 5.91. The lowest BCUT2D eigenvalue weighted by molar-refractivity contribution is -0.122. The van der Waals surface area contributed by atoms with Crippen LogP contribution in [0.25, 0.3) is 6.08 Å². The summed E-state index contributed by atoms with van der Waals surface area (Å²) in [5.41, 5.74) is 3.26. The van der Waals surface area contributed by atoms with Gasteiger partial charge in [0.05, 0.1) is 10.7 Å². The zero-order valence-electron chi connectivity index (χ0n) is 18.4. The number of anilines is 1. The van der Waals surface area contributed by atoms with E-state index in [4.69, 9.17) is 27.9 Å². The Bertz CT molecular complexity index is 1340. The Morgan fingerprint density at radius 2 is 1.68 bits per heavy atom. The number of rotatable bonds is 5. The zero-order valence-corrected chi connectivity index (χ0v) is 19.9. The number of urea groups is 1. The highest BCUT2D eigenvalue weighted by molar-refractivity contribution is 6.40. The fourth-order valence-corrected chi connectivity index (χ4v) is 4.05. The molecular weight excluding hydrogens is 475 g/mol. The van der Waals surface area contributed by atoms with E-state index in [1.54, 1.807) is 18.2 Å². The van der Waals surface area contributed by atoms with E-state index in [2.05, 4.69) is 5.32 Å². The molecule has 4 amide bonds. The molecule has 0 atom stereocenters. The van der Waals surface area contributed by atoms with Gasteiger partial charge in [-0.25, -0.2) is 9.69 Å². The molecule has 1 N–H and O–H groups in total. The lowest BCUT2D eigenvalue weighted by atomic mass is 10.0. The molecule has 0 radical (unpaired) electrons. The molecule has 0 bridgehead atoms. The molecule has 34 heavy (non-hydrogen) atoms. The number of carbonyl (C=O) groups excluding carboxylic acids is 3. The Morgan fingerprint density at radius 1 is 0.941 bits per heavy atom. The van der Waals surface area contributed by atoms with Crippen LogP contribution in [0.15, 0.2) is 66.2 Å². The van der Waals surface area contributed by atoms with Gasteiger partial charge in [0, 0.05) is 10.6 Å². The summed E-state index contributed by atoms with van der Waals surface area (Å²) in [5, 5.41) is 2.75. The van der Waals surface area contributed by atoms with Gasteiger partial charge in [0.2, 0.25) is 0 Å². The molecule has 1 fully saturated rings. The van der Waals surface area contributed by atoms with Crippen LogP contribution >= 0.6 is 23.2 Å². The fraction of sp³-hybridized carbons (Fsp3) is 0.115. The van der Waals surface area contributed by atoms with Crippen LogP contribution in [-0.2, 0) is 16.2 Å². The number of halogens is 2. The molecule has 0 saturated carbocycles. The molecule has 0 aliphatic carbocycles. The van der Waals surface area contributed by atoms with Crippen LogP contribution in [0, 0.1) is 13.8 Å². The number of carbonyl (C=O) groups is 3. The Morgan fingerprint density at radius 3 is 2.38 bits per heavy atom. The summed E-state index contributed by atoms with van der Waals surface area (Å²) in [5.74, 6) is -1.32. The minimum absolute atomic E-state index is 0.214. The van der Waals surface area contributed by atoms with Gasteiger partial charge < -0.3 is 4.74 Å². The van der Waals surface area contributed by atoms with Gasteiger partial charge in [-0.05, 0) is 60.9 Å². The highest BCUT2D eigenvalue weighted by Crippen LogP contribution is 2.35. The van der Waals surface area contributed by atoms with Gasteiger partial charge in [-0.2, -0.15) is 0 Å². The van der Waals surface area contributed by atoms with Crippen LogP contribution in [0.5, 0.6) is 5.75 Å². The van der Waals surface area contributed by atoms with E-state index < -0.39 is 17.8 Å². The average molecular weight is 495 g/mol. The molecule has 6 nitrogen and oxygen atoms in total. The number of hydrogen-bond acceptors (Lipinski definition) is 4. The Labute approximate surface area is 206 Å². The summed E-state index contributed by atoms with van der Waals surface area (Å²) >= 11 is 12.6. The van der Waals surface area contributed by atoms with Gasteiger partial charge in [0.15, 0.2) is 0 Å². The van der Waals surface area contributed by atoms with Gasteiger partial charge in [-0.1, -0.05) is 59.6 Å². The van der Waals surface area contributed by atoms with Gasteiger partial charge in [-0.15, -0.1) is 0 Å². The van der Waals surface area contributed by atoms with Crippen LogP contribution in [-0.4, -0.2) is 17.8 Å². The summed E-state index contributed by atoms with van der Waals surface area (Å²) in [6.45, 7) is 4.01. The number of hydrogen-bond donors (Lipinski definition) is 1. The maximum Gasteiger partial charge on any atom is 0.335 e. The van der Waals surface area contributed by atoms with Crippen LogP contribution in [0.2, 0.25) is 10.0 Å². The molecule has 4 rings (SSSR count). The van der Waals surface area contributed by atoms with Crippen molar-refractivity contribution < 1.29 is 19.1 Å². The van der Waals surface area contributed by atoms with Crippen molar-refractivity contribution in [1.82, 2.24) is 5.32 Å². The van der Waals surface area contributed by atoms with Gasteiger partial charge in [0.1, 0.15) is 17.9 Å². The van der Waals surface area contributed by atoms with Crippen molar-refractivity contribution in [2.45, 2.75) is 20.5 Å². The van der Waals surface area contributed by atoms with Crippen molar-refractivity contribution in [3.05, 3.63) is 98.5 Å².